The highest BCUT2D eigenvalue weighted by Gasteiger charge is 2.21. The molecule has 1 N–H and O–H groups in total. The fourth-order valence-corrected chi connectivity index (χ4v) is 3.91. The molecule has 1 aliphatic heterocycles. The number of piperazine rings is 1. The Morgan fingerprint density at radius 3 is 2.48 bits per heavy atom. The van der Waals surface area contributed by atoms with Crippen LogP contribution in [0.5, 0.6) is 0 Å². The van der Waals surface area contributed by atoms with E-state index < -0.39 is 6.10 Å². The maximum atomic E-state index is 10.6. The topological polar surface area (TPSA) is 70.3 Å². The van der Waals surface area contributed by atoms with Crippen molar-refractivity contribution < 1.29 is 5.11 Å². The van der Waals surface area contributed by atoms with Crippen LogP contribution < -0.4 is 4.90 Å². The van der Waals surface area contributed by atoms with Crippen LogP contribution in [0.25, 0.3) is 11.4 Å². The molecule has 1 unspecified atom stereocenters. The molecule has 2 heterocycles. The third-order valence-electron chi connectivity index (χ3n) is 5.49. The number of aliphatic hydroxyl groups excluding tert-OH is 1. The Kier molecular flexibility index (Phi) is 5.87. The predicted molar refractivity (Wildman–Crippen MR) is 114 cm³/mol. The van der Waals surface area contributed by atoms with Gasteiger partial charge in [-0.1, -0.05) is 42.5 Å². The van der Waals surface area contributed by atoms with Gasteiger partial charge in [-0.25, -0.2) is 4.68 Å². The molecule has 0 amide bonds. The minimum Gasteiger partial charge on any atom is -0.390 e. The van der Waals surface area contributed by atoms with E-state index in [-0.39, 0.29) is 0 Å². The van der Waals surface area contributed by atoms with Crippen molar-refractivity contribution in [3.63, 3.8) is 0 Å². The zero-order valence-electron chi connectivity index (χ0n) is 17.1. The summed E-state index contributed by atoms with van der Waals surface area (Å²) in [5.41, 5.74) is 4.88. The number of aryl methyl sites for hydroxylation is 2. The molecule has 0 bridgehead atoms. The molecule has 3 aromatic rings. The first-order chi connectivity index (χ1) is 14.1. The quantitative estimate of drug-likeness (QED) is 0.693. The van der Waals surface area contributed by atoms with E-state index >= 15 is 0 Å². The lowest BCUT2D eigenvalue weighted by atomic mass is 10.1. The highest BCUT2D eigenvalue weighted by Crippen LogP contribution is 2.23. The van der Waals surface area contributed by atoms with Crippen LogP contribution in [-0.2, 0) is 6.54 Å². The van der Waals surface area contributed by atoms with E-state index in [1.807, 2.05) is 30.3 Å². The smallest absolute Gasteiger partial charge is 0.182 e. The van der Waals surface area contributed by atoms with E-state index in [1.54, 1.807) is 4.68 Å². The van der Waals surface area contributed by atoms with Crippen molar-refractivity contribution in [1.29, 1.82) is 0 Å². The van der Waals surface area contributed by atoms with E-state index in [4.69, 9.17) is 0 Å². The number of aliphatic hydroxyl groups is 1. The Labute approximate surface area is 171 Å². The summed E-state index contributed by atoms with van der Waals surface area (Å²) in [6.07, 6.45) is -0.520. The number of anilines is 1. The molecule has 1 saturated heterocycles. The second-order valence-corrected chi connectivity index (χ2v) is 7.78. The first-order valence-corrected chi connectivity index (χ1v) is 10.1. The third kappa shape index (κ3) is 4.63. The van der Waals surface area contributed by atoms with E-state index in [9.17, 15) is 5.11 Å². The minimum atomic E-state index is -0.520. The van der Waals surface area contributed by atoms with E-state index in [1.165, 1.54) is 16.8 Å². The minimum absolute atomic E-state index is 0.383. The Hall–Kier alpha value is -2.77. The van der Waals surface area contributed by atoms with Gasteiger partial charge in [-0.3, -0.25) is 4.90 Å². The van der Waals surface area contributed by atoms with Gasteiger partial charge in [-0.2, -0.15) is 0 Å². The van der Waals surface area contributed by atoms with Gasteiger partial charge in [0.2, 0.25) is 0 Å². The summed E-state index contributed by atoms with van der Waals surface area (Å²) in [6, 6.07) is 16.4. The number of rotatable bonds is 6. The fraction of sp³-hybridized carbons (Fsp3) is 0.409. The highest BCUT2D eigenvalue weighted by atomic mass is 16.3. The van der Waals surface area contributed by atoms with Crippen LogP contribution >= 0.6 is 0 Å². The van der Waals surface area contributed by atoms with Gasteiger partial charge in [-0.05, 0) is 41.5 Å². The summed E-state index contributed by atoms with van der Waals surface area (Å²) >= 11 is 0. The fourth-order valence-electron chi connectivity index (χ4n) is 3.91. The molecule has 1 atom stereocenters. The lowest BCUT2D eigenvalue weighted by molar-refractivity contribution is 0.0919. The van der Waals surface area contributed by atoms with Crippen LogP contribution in [0.15, 0.2) is 48.5 Å². The van der Waals surface area contributed by atoms with Crippen molar-refractivity contribution in [1.82, 2.24) is 25.1 Å². The molecule has 152 valence electrons. The molecule has 0 spiro atoms. The van der Waals surface area contributed by atoms with Gasteiger partial charge in [-0.15, -0.1) is 5.10 Å². The molecule has 0 saturated carbocycles. The number of aromatic nitrogens is 4. The molecule has 1 aliphatic rings. The summed E-state index contributed by atoms with van der Waals surface area (Å²) < 4.78 is 1.69. The summed E-state index contributed by atoms with van der Waals surface area (Å²) in [5, 5.41) is 22.6. The number of nitrogens with zero attached hydrogens (tertiary/aromatic N) is 6. The van der Waals surface area contributed by atoms with Crippen LogP contribution in [0.1, 0.15) is 11.1 Å². The van der Waals surface area contributed by atoms with Gasteiger partial charge < -0.3 is 10.0 Å². The number of hydrogen-bond acceptors (Lipinski definition) is 6. The van der Waals surface area contributed by atoms with E-state index in [2.05, 4.69) is 57.4 Å². The third-order valence-corrected chi connectivity index (χ3v) is 5.49. The average molecular weight is 393 g/mol. The largest absolute Gasteiger partial charge is 0.390 e. The molecule has 29 heavy (non-hydrogen) atoms. The van der Waals surface area contributed by atoms with Crippen LogP contribution in [0, 0.1) is 13.8 Å². The SMILES string of the molecule is Cc1ccc(C)c(N2CCN(CC(O)Cn3nnnc3-c3ccccc3)CC2)c1. The normalized spacial score (nSPS) is 16.2. The maximum absolute atomic E-state index is 10.6. The first-order valence-electron chi connectivity index (χ1n) is 10.1. The summed E-state index contributed by atoms with van der Waals surface area (Å²) in [6.45, 7) is 9.12. The zero-order valence-corrected chi connectivity index (χ0v) is 17.1. The number of benzene rings is 2. The van der Waals surface area contributed by atoms with E-state index in [0.717, 1.165) is 31.7 Å². The Morgan fingerprint density at radius 2 is 1.72 bits per heavy atom. The molecule has 0 radical (unpaired) electrons. The van der Waals surface area contributed by atoms with Gasteiger partial charge in [0.1, 0.15) is 0 Å². The predicted octanol–water partition coefficient (Wildman–Crippen LogP) is 2.14. The molecule has 1 fully saturated rings. The lowest BCUT2D eigenvalue weighted by Gasteiger charge is -2.37. The summed E-state index contributed by atoms with van der Waals surface area (Å²) in [5.74, 6) is 0.685. The zero-order chi connectivity index (χ0) is 20.2. The first kappa shape index (κ1) is 19.5. The molecule has 4 rings (SSSR count). The van der Waals surface area contributed by atoms with Gasteiger partial charge >= 0.3 is 0 Å². The molecule has 2 aromatic carbocycles. The number of hydrogen-bond donors (Lipinski definition) is 1. The van der Waals surface area contributed by atoms with Crippen LogP contribution in [-0.4, -0.2) is 69.0 Å². The monoisotopic (exact) mass is 392 g/mol. The van der Waals surface area contributed by atoms with Gasteiger partial charge in [0, 0.05) is 44.0 Å². The van der Waals surface area contributed by atoms with Gasteiger partial charge in [0.05, 0.1) is 12.6 Å². The molecule has 0 aliphatic carbocycles. The van der Waals surface area contributed by atoms with Crippen LogP contribution in [0.2, 0.25) is 0 Å². The van der Waals surface area contributed by atoms with E-state index in [0.29, 0.717) is 18.9 Å². The average Bonchev–Trinajstić information content (AvgIpc) is 3.19. The van der Waals surface area contributed by atoms with Gasteiger partial charge in [0.15, 0.2) is 5.82 Å². The number of tetrazole rings is 1. The Morgan fingerprint density at radius 1 is 0.966 bits per heavy atom. The highest BCUT2D eigenvalue weighted by molar-refractivity contribution is 5.55. The van der Waals surface area contributed by atoms with Crippen molar-refractivity contribution >= 4 is 5.69 Å². The number of β-amino-alcohol motifs (C(OH)–C–C–N with tert-alkyl or cyclic N) is 1. The molecule has 1 aromatic heterocycles. The standard InChI is InChI=1S/C22H28N6O/c1-17-8-9-18(2)21(14-17)27-12-10-26(11-13-27)15-20(29)16-28-22(23-24-25-28)19-6-4-3-5-7-19/h3-9,14,20,29H,10-13,15-16H2,1-2H3. The Balaban J connectivity index is 1.32. The van der Waals surface area contributed by atoms with Crippen LogP contribution in [0.4, 0.5) is 5.69 Å². The molecule has 7 nitrogen and oxygen atoms in total. The van der Waals surface area contributed by atoms with Crippen molar-refractivity contribution in [2.75, 3.05) is 37.6 Å². The maximum Gasteiger partial charge on any atom is 0.182 e. The van der Waals surface area contributed by atoms with Crippen molar-refractivity contribution in [3.05, 3.63) is 59.7 Å². The second-order valence-electron chi connectivity index (χ2n) is 7.78. The molecular weight excluding hydrogens is 364 g/mol. The van der Waals surface area contributed by atoms with Crippen molar-refractivity contribution in [2.24, 2.45) is 0 Å². The van der Waals surface area contributed by atoms with Crippen LogP contribution in [0.3, 0.4) is 0 Å². The Bertz CT molecular complexity index is 933. The van der Waals surface area contributed by atoms with Gasteiger partial charge in [0.25, 0.3) is 0 Å². The van der Waals surface area contributed by atoms with Crippen molar-refractivity contribution in [3.8, 4) is 11.4 Å². The molecular formula is C22H28N6O. The summed E-state index contributed by atoms with van der Waals surface area (Å²) in [4.78, 5) is 4.76. The molecule has 7 heteroatoms. The lowest BCUT2D eigenvalue weighted by Crippen LogP contribution is -2.49. The summed E-state index contributed by atoms with van der Waals surface area (Å²) in [7, 11) is 0. The van der Waals surface area contributed by atoms with Crippen molar-refractivity contribution in [2.45, 2.75) is 26.5 Å². The second kappa shape index (κ2) is 8.71.